The Morgan fingerprint density at radius 1 is 1.35 bits per heavy atom. The first kappa shape index (κ1) is 14.3. The van der Waals surface area contributed by atoms with E-state index >= 15 is 0 Å². The number of benzene rings is 1. The molecule has 0 saturated carbocycles. The standard InChI is InChI=1S/C12H17ClO3S/c1-5-10(4)16-12-9(3)6-8(2)7-11(12)17(13,14)15/h6-7,10H,5H2,1-4H3. The molecule has 0 aliphatic carbocycles. The van der Waals surface area contributed by atoms with Crippen LogP contribution in [0.15, 0.2) is 17.0 Å². The van der Waals surface area contributed by atoms with Gasteiger partial charge in [0.15, 0.2) is 0 Å². The Labute approximate surface area is 107 Å². The second-order valence-corrected chi connectivity index (χ2v) is 6.72. The minimum absolute atomic E-state index is 0.0476. The summed E-state index contributed by atoms with van der Waals surface area (Å²) in [5, 5.41) is 0. The Bertz CT molecular complexity index is 509. The molecule has 17 heavy (non-hydrogen) atoms. The third kappa shape index (κ3) is 3.61. The van der Waals surface area contributed by atoms with Gasteiger partial charge in [-0.2, -0.15) is 0 Å². The summed E-state index contributed by atoms with van der Waals surface area (Å²) in [6.07, 6.45) is 0.753. The summed E-state index contributed by atoms with van der Waals surface area (Å²) in [7, 11) is 1.64. The number of halogens is 1. The quantitative estimate of drug-likeness (QED) is 0.792. The van der Waals surface area contributed by atoms with Crippen molar-refractivity contribution in [2.75, 3.05) is 0 Å². The third-order valence-corrected chi connectivity index (χ3v) is 3.87. The fourth-order valence-corrected chi connectivity index (χ4v) is 2.63. The first-order valence-corrected chi connectivity index (χ1v) is 7.79. The van der Waals surface area contributed by atoms with Crippen LogP contribution >= 0.6 is 10.7 Å². The lowest BCUT2D eigenvalue weighted by atomic mass is 10.1. The van der Waals surface area contributed by atoms with Crippen molar-refractivity contribution in [3.8, 4) is 5.75 Å². The van der Waals surface area contributed by atoms with Gasteiger partial charge in [0, 0.05) is 10.7 Å². The van der Waals surface area contributed by atoms with Crippen LogP contribution in [0.25, 0.3) is 0 Å². The minimum atomic E-state index is -3.79. The molecule has 0 aliphatic heterocycles. The zero-order valence-corrected chi connectivity index (χ0v) is 12.0. The Balaban J connectivity index is 3.36. The van der Waals surface area contributed by atoms with Crippen LogP contribution in [0.1, 0.15) is 31.4 Å². The summed E-state index contributed by atoms with van der Waals surface area (Å²) in [5.74, 6) is 0.361. The highest BCUT2D eigenvalue weighted by Crippen LogP contribution is 2.32. The molecule has 0 radical (unpaired) electrons. The highest BCUT2D eigenvalue weighted by molar-refractivity contribution is 8.13. The van der Waals surface area contributed by atoms with Crippen LogP contribution in [0, 0.1) is 13.8 Å². The average Bonchev–Trinajstić information content (AvgIpc) is 2.19. The van der Waals surface area contributed by atoms with E-state index in [1.54, 1.807) is 0 Å². The highest BCUT2D eigenvalue weighted by atomic mass is 35.7. The van der Waals surface area contributed by atoms with E-state index in [0.717, 1.165) is 17.5 Å². The predicted octanol–water partition coefficient (Wildman–Crippen LogP) is 3.41. The smallest absolute Gasteiger partial charge is 0.265 e. The van der Waals surface area contributed by atoms with Gasteiger partial charge >= 0.3 is 0 Å². The molecule has 0 aliphatic rings. The molecule has 1 rings (SSSR count). The molecule has 1 atom stereocenters. The van der Waals surface area contributed by atoms with Crippen molar-refractivity contribution in [1.82, 2.24) is 0 Å². The molecule has 0 saturated heterocycles. The van der Waals surface area contributed by atoms with Gasteiger partial charge in [-0.15, -0.1) is 0 Å². The number of aryl methyl sites for hydroxylation is 2. The van der Waals surface area contributed by atoms with E-state index in [1.165, 1.54) is 6.07 Å². The monoisotopic (exact) mass is 276 g/mol. The van der Waals surface area contributed by atoms with Gasteiger partial charge in [-0.05, 0) is 44.4 Å². The van der Waals surface area contributed by atoms with Gasteiger partial charge < -0.3 is 4.74 Å². The predicted molar refractivity (Wildman–Crippen MR) is 69.3 cm³/mol. The molecule has 0 spiro atoms. The number of ether oxygens (including phenoxy) is 1. The van der Waals surface area contributed by atoms with E-state index in [-0.39, 0.29) is 11.0 Å². The number of hydrogen-bond acceptors (Lipinski definition) is 3. The maximum absolute atomic E-state index is 11.5. The van der Waals surface area contributed by atoms with E-state index in [2.05, 4.69) is 0 Å². The molecule has 96 valence electrons. The highest BCUT2D eigenvalue weighted by Gasteiger charge is 2.20. The van der Waals surface area contributed by atoms with Crippen molar-refractivity contribution in [1.29, 1.82) is 0 Å². The molecule has 0 fully saturated rings. The lowest BCUT2D eigenvalue weighted by Crippen LogP contribution is -2.13. The maximum atomic E-state index is 11.5. The molecular weight excluding hydrogens is 260 g/mol. The van der Waals surface area contributed by atoms with Crippen LogP contribution in [-0.2, 0) is 9.05 Å². The van der Waals surface area contributed by atoms with E-state index in [9.17, 15) is 8.42 Å². The van der Waals surface area contributed by atoms with E-state index in [4.69, 9.17) is 15.4 Å². The van der Waals surface area contributed by atoms with Crippen molar-refractivity contribution in [3.05, 3.63) is 23.3 Å². The Morgan fingerprint density at radius 2 is 1.94 bits per heavy atom. The van der Waals surface area contributed by atoms with Crippen molar-refractivity contribution in [2.45, 2.75) is 45.1 Å². The Morgan fingerprint density at radius 3 is 2.41 bits per heavy atom. The van der Waals surface area contributed by atoms with E-state index < -0.39 is 9.05 Å². The van der Waals surface area contributed by atoms with Crippen molar-refractivity contribution in [3.63, 3.8) is 0 Å². The molecule has 0 bridgehead atoms. The van der Waals surface area contributed by atoms with Crippen molar-refractivity contribution in [2.24, 2.45) is 0 Å². The molecule has 1 aromatic carbocycles. The minimum Gasteiger partial charge on any atom is -0.489 e. The van der Waals surface area contributed by atoms with Crippen LogP contribution in [0.2, 0.25) is 0 Å². The summed E-state index contributed by atoms with van der Waals surface area (Å²) >= 11 is 0. The first-order chi connectivity index (χ1) is 7.75. The van der Waals surface area contributed by atoms with Gasteiger partial charge in [0.05, 0.1) is 6.10 Å². The van der Waals surface area contributed by atoms with Crippen LogP contribution in [0.3, 0.4) is 0 Å². The molecule has 0 aromatic heterocycles. The molecule has 0 amide bonds. The summed E-state index contributed by atoms with van der Waals surface area (Å²) in [6, 6.07) is 3.41. The molecule has 1 unspecified atom stereocenters. The van der Waals surface area contributed by atoms with Crippen molar-refractivity contribution < 1.29 is 13.2 Å². The summed E-state index contributed by atoms with van der Waals surface area (Å²) in [6.45, 7) is 7.51. The Hall–Kier alpha value is -0.740. The maximum Gasteiger partial charge on any atom is 0.265 e. The van der Waals surface area contributed by atoms with Gasteiger partial charge in [0.2, 0.25) is 0 Å². The van der Waals surface area contributed by atoms with Gasteiger partial charge in [-0.3, -0.25) is 0 Å². The molecule has 3 nitrogen and oxygen atoms in total. The van der Waals surface area contributed by atoms with Gasteiger partial charge in [0.25, 0.3) is 9.05 Å². The van der Waals surface area contributed by atoms with E-state index in [0.29, 0.717) is 5.75 Å². The fourth-order valence-electron chi connectivity index (χ4n) is 1.53. The SMILES string of the molecule is CCC(C)Oc1c(C)cc(C)cc1S(=O)(=O)Cl. The largest absolute Gasteiger partial charge is 0.489 e. The Kier molecular flexibility index (Phi) is 4.44. The summed E-state index contributed by atoms with van der Waals surface area (Å²) in [4.78, 5) is 0.0527. The second kappa shape index (κ2) is 5.27. The molecular formula is C12H17ClO3S. The van der Waals surface area contributed by atoms with Gasteiger partial charge in [-0.1, -0.05) is 13.0 Å². The second-order valence-electron chi connectivity index (χ2n) is 4.18. The normalized spacial score (nSPS) is 13.5. The van der Waals surface area contributed by atoms with Crippen LogP contribution in [-0.4, -0.2) is 14.5 Å². The van der Waals surface area contributed by atoms with Gasteiger partial charge in [-0.25, -0.2) is 8.42 Å². The first-order valence-electron chi connectivity index (χ1n) is 5.48. The molecule has 1 aromatic rings. The summed E-state index contributed by atoms with van der Waals surface area (Å²) < 4.78 is 28.7. The zero-order valence-electron chi connectivity index (χ0n) is 10.5. The van der Waals surface area contributed by atoms with Gasteiger partial charge in [0.1, 0.15) is 10.6 Å². The van der Waals surface area contributed by atoms with Crippen LogP contribution in [0.5, 0.6) is 5.75 Å². The van der Waals surface area contributed by atoms with Crippen LogP contribution in [0.4, 0.5) is 0 Å². The molecule has 0 N–H and O–H groups in total. The average molecular weight is 277 g/mol. The summed E-state index contributed by atoms with van der Waals surface area (Å²) in [5.41, 5.74) is 1.63. The van der Waals surface area contributed by atoms with E-state index in [1.807, 2.05) is 33.8 Å². The third-order valence-electron chi connectivity index (χ3n) is 2.54. The molecule has 0 heterocycles. The zero-order chi connectivity index (χ0) is 13.2. The topological polar surface area (TPSA) is 43.4 Å². The fraction of sp³-hybridized carbons (Fsp3) is 0.500. The number of rotatable bonds is 4. The van der Waals surface area contributed by atoms with Crippen molar-refractivity contribution >= 4 is 19.7 Å². The molecule has 5 heteroatoms. The lowest BCUT2D eigenvalue weighted by molar-refractivity contribution is 0.210. The van der Waals surface area contributed by atoms with Crippen LogP contribution < -0.4 is 4.74 Å². The number of hydrogen-bond donors (Lipinski definition) is 0. The lowest BCUT2D eigenvalue weighted by Gasteiger charge is -2.17.